The van der Waals surface area contributed by atoms with Crippen LogP contribution in [0.5, 0.6) is 0 Å². The van der Waals surface area contributed by atoms with Crippen LogP contribution in [0.1, 0.15) is 39.4 Å². The van der Waals surface area contributed by atoms with Gasteiger partial charge in [0.15, 0.2) is 0 Å². The highest BCUT2D eigenvalue weighted by atomic mass is 16.1. The molecule has 1 N–H and O–H groups in total. The molecule has 0 spiro atoms. The number of hydrogen-bond acceptors (Lipinski definition) is 4. The van der Waals surface area contributed by atoms with E-state index in [9.17, 15) is 4.79 Å². The third-order valence-electron chi connectivity index (χ3n) is 6.00. The second-order valence-electron chi connectivity index (χ2n) is 8.19. The maximum atomic E-state index is 12.0. The second-order valence-corrected chi connectivity index (χ2v) is 8.19. The van der Waals surface area contributed by atoms with E-state index in [4.69, 9.17) is 4.98 Å². The monoisotopic (exact) mass is 369 g/mol. The Labute approximate surface area is 161 Å². The molecular formula is C21H31N5O. The summed E-state index contributed by atoms with van der Waals surface area (Å²) in [6.45, 7) is 12.6. The molecule has 0 aliphatic carbocycles. The number of hydrogen-bond donors (Lipinski definition) is 1. The SMILES string of the molecule is CCN1CCC[C@H]1CN1CCn2c(nc3cc(NC(=O)C(C)C)ccc32)C1. The quantitative estimate of drug-likeness (QED) is 0.880. The molecule has 1 aromatic heterocycles. The average Bonchev–Trinajstić information content (AvgIpc) is 3.24. The van der Waals surface area contributed by atoms with Gasteiger partial charge < -0.3 is 9.88 Å². The minimum Gasteiger partial charge on any atom is -0.326 e. The standard InChI is InChI=1S/C21H31N5O/c1-4-25-9-5-6-17(25)13-24-10-11-26-19-8-7-16(22-21(27)15(2)3)12-18(19)23-20(26)14-24/h7-8,12,15,17H,4-6,9-11,13-14H2,1-3H3,(H,22,27)/t17-/m0/s1. The van der Waals surface area contributed by atoms with E-state index >= 15 is 0 Å². The molecule has 1 amide bonds. The number of carbonyl (C=O) groups is 1. The molecule has 0 radical (unpaired) electrons. The number of benzene rings is 1. The van der Waals surface area contributed by atoms with Gasteiger partial charge in [-0.05, 0) is 44.1 Å². The van der Waals surface area contributed by atoms with E-state index in [1.807, 2.05) is 26.0 Å². The first-order valence-electron chi connectivity index (χ1n) is 10.3. The normalized spacial score (nSPS) is 21.1. The zero-order valence-electron chi connectivity index (χ0n) is 16.7. The molecule has 27 heavy (non-hydrogen) atoms. The molecule has 1 saturated heterocycles. The van der Waals surface area contributed by atoms with Gasteiger partial charge in [0.2, 0.25) is 5.91 Å². The zero-order valence-corrected chi connectivity index (χ0v) is 16.7. The van der Waals surface area contributed by atoms with E-state index < -0.39 is 0 Å². The summed E-state index contributed by atoms with van der Waals surface area (Å²) in [4.78, 5) is 22.0. The third-order valence-corrected chi connectivity index (χ3v) is 6.00. The number of rotatable bonds is 5. The van der Waals surface area contributed by atoms with Crippen LogP contribution < -0.4 is 5.32 Å². The van der Waals surface area contributed by atoms with E-state index in [-0.39, 0.29) is 11.8 Å². The van der Waals surface area contributed by atoms with Gasteiger partial charge >= 0.3 is 0 Å². The molecule has 1 aromatic carbocycles. The van der Waals surface area contributed by atoms with Gasteiger partial charge in [-0.15, -0.1) is 0 Å². The van der Waals surface area contributed by atoms with Crippen molar-refractivity contribution in [1.82, 2.24) is 19.4 Å². The van der Waals surface area contributed by atoms with E-state index in [2.05, 4.69) is 32.7 Å². The zero-order chi connectivity index (χ0) is 19.0. The predicted octanol–water partition coefficient (Wildman–Crippen LogP) is 2.93. The van der Waals surface area contributed by atoms with Crippen molar-refractivity contribution in [2.75, 3.05) is 31.5 Å². The van der Waals surface area contributed by atoms with Crippen LogP contribution in [0.2, 0.25) is 0 Å². The van der Waals surface area contributed by atoms with Crippen LogP contribution in [-0.4, -0.2) is 57.5 Å². The fourth-order valence-corrected chi connectivity index (χ4v) is 4.41. The number of likely N-dealkylation sites (N-methyl/N-ethyl adjacent to an activating group) is 1. The summed E-state index contributed by atoms with van der Waals surface area (Å²) in [6.07, 6.45) is 2.65. The van der Waals surface area contributed by atoms with Crippen molar-refractivity contribution >= 4 is 22.6 Å². The van der Waals surface area contributed by atoms with E-state index in [0.717, 1.165) is 49.8 Å². The number of likely N-dealkylation sites (tertiary alicyclic amines) is 1. The molecule has 2 aromatic rings. The lowest BCUT2D eigenvalue weighted by Gasteiger charge is -2.33. The fourth-order valence-electron chi connectivity index (χ4n) is 4.41. The van der Waals surface area contributed by atoms with Crippen molar-refractivity contribution in [3.63, 3.8) is 0 Å². The first kappa shape index (κ1) is 18.4. The predicted molar refractivity (Wildman–Crippen MR) is 109 cm³/mol. The summed E-state index contributed by atoms with van der Waals surface area (Å²) in [5.41, 5.74) is 2.98. The molecule has 0 unspecified atom stereocenters. The van der Waals surface area contributed by atoms with Crippen molar-refractivity contribution in [3.8, 4) is 0 Å². The van der Waals surface area contributed by atoms with Gasteiger partial charge in [0.05, 0.1) is 17.6 Å². The Kier molecular flexibility index (Phi) is 5.19. The number of carbonyl (C=O) groups excluding carboxylic acids is 1. The molecule has 146 valence electrons. The largest absolute Gasteiger partial charge is 0.326 e. The van der Waals surface area contributed by atoms with E-state index in [1.165, 1.54) is 24.9 Å². The van der Waals surface area contributed by atoms with Crippen LogP contribution in [0.25, 0.3) is 11.0 Å². The lowest BCUT2D eigenvalue weighted by Crippen LogP contribution is -2.43. The van der Waals surface area contributed by atoms with E-state index in [0.29, 0.717) is 6.04 Å². The maximum absolute atomic E-state index is 12.0. The molecule has 0 bridgehead atoms. The summed E-state index contributed by atoms with van der Waals surface area (Å²) >= 11 is 0. The summed E-state index contributed by atoms with van der Waals surface area (Å²) in [6, 6.07) is 6.78. The lowest BCUT2D eigenvalue weighted by molar-refractivity contribution is -0.118. The first-order chi connectivity index (χ1) is 13.0. The van der Waals surface area contributed by atoms with Gasteiger partial charge in [0.1, 0.15) is 5.82 Å². The van der Waals surface area contributed by atoms with Gasteiger partial charge in [-0.2, -0.15) is 0 Å². The Morgan fingerprint density at radius 3 is 2.93 bits per heavy atom. The summed E-state index contributed by atoms with van der Waals surface area (Å²) in [5.74, 6) is 1.16. The number of amides is 1. The van der Waals surface area contributed by atoms with Crippen LogP contribution in [0, 0.1) is 5.92 Å². The highest BCUT2D eigenvalue weighted by molar-refractivity contribution is 5.94. The Morgan fingerprint density at radius 2 is 2.15 bits per heavy atom. The van der Waals surface area contributed by atoms with Crippen LogP contribution in [0.15, 0.2) is 18.2 Å². The number of nitrogens with one attached hydrogen (secondary N) is 1. The summed E-state index contributed by atoms with van der Waals surface area (Å²) < 4.78 is 2.34. The Morgan fingerprint density at radius 1 is 1.30 bits per heavy atom. The Hall–Kier alpha value is -1.92. The van der Waals surface area contributed by atoms with Crippen LogP contribution in [-0.2, 0) is 17.9 Å². The number of imidazole rings is 1. The highest BCUT2D eigenvalue weighted by Crippen LogP contribution is 2.25. The van der Waals surface area contributed by atoms with Crippen LogP contribution in [0.3, 0.4) is 0 Å². The fraction of sp³-hybridized carbons (Fsp3) is 0.619. The smallest absolute Gasteiger partial charge is 0.226 e. The molecule has 2 aliphatic heterocycles. The minimum absolute atomic E-state index is 0.0252. The number of aromatic nitrogens is 2. The molecule has 2 aliphatic rings. The van der Waals surface area contributed by atoms with Crippen molar-refractivity contribution in [1.29, 1.82) is 0 Å². The topological polar surface area (TPSA) is 53.4 Å². The highest BCUT2D eigenvalue weighted by Gasteiger charge is 2.27. The lowest BCUT2D eigenvalue weighted by atomic mass is 10.2. The second kappa shape index (κ2) is 7.60. The Bertz CT molecular complexity index is 827. The van der Waals surface area contributed by atoms with Crippen molar-refractivity contribution in [2.24, 2.45) is 5.92 Å². The average molecular weight is 370 g/mol. The third kappa shape index (κ3) is 3.73. The molecule has 0 saturated carbocycles. The summed E-state index contributed by atoms with van der Waals surface area (Å²) in [7, 11) is 0. The molecule has 6 heteroatoms. The number of nitrogens with zero attached hydrogens (tertiary/aromatic N) is 4. The number of fused-ring (bicyclic) bond motifs is 3. The minimum atomic E-state index is -0.0252. The molecule has 1 fully saturated rings. The van der Waals surface area contributed by atoms with Crippen molar-refractivity contribution in [2.45, 2.75) is 52.7 Å². The molecule has 4 rings (SSSR count). The number of anilines is 1. The molecular weight excluding hydrogens is 338 g/mol. The van der Waals surface area contributed by atoms with Crippen LogP contribution in [0.4, 0.5) is 5.69 Å². The van der Waals surface area contributed by atoms with Gasteiger partial charge in [-0.3, -0.25) is 14.6 Å². The molecule has 3 heterocycles. The first-order valence-corrected chi connectivity index (χ1v) is 10.3. The van der Waals surface area contributed by atoms with Crippen molar-refractivity contribution in [3.05, 3.63) is 24.0 Å². The molecule has 6 nitrogen and oxygen atoms in total. The van der Waals surface area contributed by atoms with Gasteiger partial charge in [-0.1, -0.05) is 20.8 Å². The van der Waals surface area contributed by atoms with Gasteiger partial charge in [0, 0.05) is 37.3 Å². The summed E-state index contributed by atoms with van der Waals surface area (Å²) in [5, 5.41) is 2.98. The van der Waals surface area contributed by atoms with Gasteiger partial charge in [-0.25, -0.2) is 4.98 Å². The van der Waals surface area contributed by atoms with Gasteiger partial charge in [0.25, 0.3) is 0 Å². The maximum Gasteiger partial charge on any atom is 0.226 e. The Balaban J connectivity index is 1.49. The van der Waals surface area contributed by atoms with Crippen molar-refractivity contribution < 1.29 is 4.79 Å². The van der Waals surface area contributed by atoms with Crippen LogP contribution >= 0.6 is 0 Å². The molecule has 1 atom stereocenters. The van der Waals surface area contributed by atoms with E-state index in [1.54, 1.807) is 0 Å².